The van der Waals surface area contributed by atoms with E-state index in [1.54, 1.807) is 0 Å². The minimum atomic E-state index is -0.390. The molecule has 92 valence electrons. The van der Waals surface area contributed by atoms with Crippen molar-refractivity contribution < 1.29 is 9.59 Å². The lowest BCUT2D eigenvalue weighted by Crippen LogP contribution is -2.27. The molecule has 1 atom stereocenters. The van der Waals surface area contributed by atoms with E-state index in [1.807, 2.05) is 37.3 Å². The largest absolute Gasteiger partial charge is 0.369 e. The predicted octanol–water partition coefficient (Wildman–Crippen LogP) is 2.09. The van der Waals surface area contributed by atoms with Crippen molar-refractivity contribution in [1.82, 2.24) is 0 Å². The highest BCUT2D eigenvalue weighted by Gasteiger charge is 2.19. The molecule has 17 heavy (non-hydrogen) atoms. The SMILES string of the molecule is CCCC(=O)CC(Cc1ccccc1)C(N)=O. The Bertz CT molecular complexity index is 373. The third kappa shape index (κ3) is 4.81. The maximum Gasteiger partial charge on any atom is 0.221 e. The van der Waals surface area contributed by atoms with Crippen LogP contribution in [0.25, 0.3) is 0 Å². The Morgan fingerprint density at radius 2 is 1.88 bits per heavy atom. The number of carbonyl (C=O) groups is 2. The maximum atomic E-state index is 11.5. The van der Waals surface area contributed by atoms with Gasteiger partial charge in [0.1, 0.15) is 5.78 Å². The molecular weight excluding hydrogens is 214 g/mol. The summed E-state index contributed by atoms with van der Waals surface area (Å²) in [4.78, 5) is 22.9. The van der Waals surface area contributed by atoms with Gasteiger partial charge in [0.15, 0.2) is 0 Å². The fourth-order valence-corrected chi connectivity index (χ4v) is 1.83. The number of hydrogen-bond donors (Lipinski definition) is 1. The number of primary amides is 1. The van der Waals surface area contributed by atoms with E-state index >= 15 is 0 Å². The molecule has 1 amide bonds. The van der Waals surface area contributed by atoms with Crippen molar-refractivity contribution in [3.63, 3.8) is 0 Å². The van der Waals surface area contributed by atoms with Crippen LogP contribution in [0.5, 0.6) is 0 Å². The highest BCUT2D eigenvalue weighted by Crippen LogP contribution is 2.13. The Balaban J connectivity index is 2.61. The zero-order valence-corrected chi connectivity index (χ0v) is 10.2. The number of amides is 1. The van der Waals surface area contributed by atoms with Crippen LogP contribution in [0.4, 0.5) is 0 Å². The summed E-state index contributed by atoms with van der Waals surface area (Å²) < 4.78 is 0. The van der Waals surface area contributed by atoms with Gasteiger partial charge >= 0.3 is 0 Å². The van der Waals surface area contributed by atoms with Crippen LogP contribution in [0, 0.1) is 5.92 Å². The van der Waals surface area contributed by atoms with Crippen LogP contribution in [0.15, 0.2) is 30.3 Å². The van der Waals surface area contributed by atoms with Gasteiger partial charge in [-0.15, -0.1) is 0 Å². The van der Waals surface area contributed by atoms with Gasteiger partial charge in [0.25, 0.3) is 0 Å². The number of carbonyl (C=O) groups excluding carboxylic acids is 2. The van der Waals surface area contributed by atoms with Gasteiger partial charge < -0.3 is 5.73 Å². The summed E-state index contributed by atoms with van der Waals surface area (Å²) >= 11 is 0. The van der Waals surface area contributed by atoms with Crippen LogP contribution in [-0.2, 0) is 16.0 Å². The van der Waals surface area contributed by atoms with E-state index in [4.69, 9.17) is 5.73 Å². The number of hydrogen-bond acceptors (Lipinski definition) is 2. The standard InChI is InChI=1S/C14H19NO2/c1-2-6-13(16)10-12(14(15)17)9-11-7-4-3-5-8-11/h3-5,7-8,12H,2,6,9-10H2,1H3,(H2,15,17). The van der Waals surface area contributed by atoms with Gasteiger partial charge in [0, 0.05) is 18.8 Å². The molecule has 0 radical (unpaired) electrons. The first-order chi connectivity index (χ1) is 8.13. The van der Waals surface area contributed by atoms with E-state index in [-0.39, 0.29) is 18.1 Å². The molecule has 1 aromatic carbocycles. The number of rotatable bonds is 7. The van der Waals surface area contributed by atoms with Crippen LogP contribution < -0.4 is 5.73 Å². The molecular formula is C14H19NO2. The highest BCUT2D eigenvalue weighted by molar-refractivity contribution is 5.86. The first kappa shape index (κ1) is 13.4. The zero-order valence-electron chi connectivity index (χ0n) is 10.2. The summed E-state index contributed by atoms with van der Waals surface area (Å²) in [5.74, 6) is -0.651. The molecule has 1 unspecified atom stereocenters. The molecule has 0 aliphatic rings. The van der Waals surface area contributed by atoms with Gasteiger partial charge in [-0.05, 0) is 18.4 Å². The molecule has 0 saturated heterocycles. The first-order valence-corrected chi connectivity index (χ1v) is 5.98. The van der Waals surface area contributed by atoms with Crippen molar-refractivity contribution in [2.75, 3.05) is 0 Å². The number of benzene rings is 1. The normalized spacial score (nSPS) is 12.1. The van der Waals surface area contributed by atoms with Gasteiger partial charge in [-0.2, -0.15) is 0 Å². The van der Waals surface area contributed by atoms with Gasteiger partial charge in [-0.1, -0.05) is 37.3 Å². The van der Waals surface area contributed by atoms with Crippen molar-refractivity contribution in [2.24, 2.45) is 11.7 Å². The second kappa shape index (κ2) is 6.84. The molecule has 1 aromatic rings. The molecule has 0 fully saturated rings. The number of ketones is 1. The summed E-state index contributed by atoms with van der Waals surface area (Å²) in [5.41, 5.74) is 6.38. The Hall–Kier alpha value is -1.64. The van der Waals surface area contributed by atoms with Gasteiger partial charge in [-0.25, -0.2) is 0 Å². The molecule has 0 saturated carbocycles. The van der Waals surface area contributed by atoms with Crippen LogP contribution in [0.3, 0.4) is 0 Å². The Morgan fingerprint density at radius 1 is 1.24 bits per heavy atom. The third-order valence-electron chi connectivity index (χ3n) is 2.73. The lowest BCUT2D eigenvalue weighted by Gasteiger charge is -2.12. The molecule has 0 heterocycles. The third-order valence-corrected chi connectivity index (χ3v) is 2.73. The average Bonchev–Trinajstić information content (AvgIpc) is 2.29. The van der Waals surface area contributed by atoms with Crippen LogP contribution >= 0.6 is 0 Å². The minimum absolute atomic E-state index is 0.118. The van der Waals surface area contributed by atoms with Crippen LogP contribution in [0.1, 0.15) is 31.7 Å². The van der Waals surface area contributed by atoms with Crippen molar-refractivity contribution in [2.45, 2.75) is 32.6 Å². The Kier molecular flexibility index (Phi) is 5.40. The van der Waals surface area contributed by atoms with E-state index in [0.717, 1.165) is 12.0 Å². The molecule has 0 spiro atoms. The summed E-state index contributed by atoms with van der Waals surface area (Å²) in [5, 5.41) is 0. The van der Waals surface area contributed by atoms with Gasteiger partial charge in [-0.3, -0.25) is 9.59 Å². The van der Waals surface area contributed by atoms with E-state index in [9.17, 15) is 9.59 Å². The van der Waals surface area contributed by atoms with E-state index in [0.29, 0.717) is 12.8 Å². The van der Waals surface area contributed by atoms with Gasteiger partial charge in [0.2, 0.25) is 5.91 Å². The lowest BCUT2D eigenvalue weighted by atomic mass is 9.92. The fraction of sp³-hybridized carbons (Fsp3) is 0.429. The zero-order chi connectivity index (χ0) is 12.7. The summed E-state index contributed by atoms with van der Waals surface area (Å²) in [6.07, 6.45) is 2.15. The lowest BCUT2D eigenvalue weighted by molar-refractivity contribution is -0.127. The smallest absolute Gasteiger partial charge is 0.221 e. The summed E-state index contributed by atoms with van der Waals surface area (Å²) in [6, 6.07) is 9.65. The summed E-state index contributed by atoms with van der Waals surface area (Å²) in [6.45, 7) is 1.95. The maximum absolute atomic E-state index is 11.5. The molecule has 0 bridgehead atoms. The van der Waals surface area contributed by atoms with Crippen molar-refractivity contribution in [1.29, 1.82) is 0 Å². The van der Waals surface area contributed by atoms with Crippen LogP contribution in [-0.4, -0.2) is 11.7 Å². The molecule has 3 nitrogen and oxygen atoms in total. The summed E-state index contributed by atoms with van der Waals surface area (Å²) in [7, 11) is 0. The van der Waals surface area contributed by atoms with Crippen molar-refractivity contribution >= 4 is 11.7 Å². The van der Waals surface area contributed by atoms with Crippen molar-refractivity contribution in [3.05, 3.63) is 35.9 Å². The molecule has 1 rings (SSSR count). The quantitative estimate of drug-likeness (QED) is 0.784. The van der Waals surface area contributed by atoms with E-state index < -0.39 is 5.91 Å². The Labute approximate surface area is 102 Å². The van der Waals surface area contributed by atoms with E-state index in [2.05, 4.69) is 0 Å². The van der Waals surface area contributed by atoms with E-state index in [1.165, 1.54) is 0 Å². The average molecular weight is 233 g/mol. The minimum Gasteiger partial charge on any atom is -0.369 e. The number of Topliss-reactive ketones (excluding diaryl/α,β-unsaturated/α-hetero) is 1. The highest BCUT2D eigenvalue weighted by atomic mass is 16.1. The second-order valence-electron chi connectivity index (χ2n) is 4.28. The molecule has 2 N–H and O–H groups in total. The fourth-order valence-electron chi connectivity index (χ4n) is 1.83. The molecule has 0 aliphatic carbocycles. The molecule has 0 aromatic heterocycles. The number of nitrogens with two attached hydrogens (primary N) is 1. The van der Waals surface area contributed by atoms with Gasteiger partial charge in [0.05, 0.1) is 0 Å². The Morgan fingerprint density at radius 3 is 2.41 bits per heavy atom. The topological polar surface area (TPSA) is 60.2 Å². The van der Waals surface area contributed by atoms with Crippen LogP contribution in [0.2, 0.25) is 0 Å². The predicted molar refractivity (Wildman–Crippen MR) is 67.4 cm³/mol. The molecule has 3 heteroatoms. The van der Waals surface area contributed by atoms with Crippen molar-refractivity contribution in [3.8, 4) is 0 Å². The first-order valence-electron chi connectivity index (χ1n) is 5.98. The molecule has 0 aliphatic heterocycles. The second-order valence-corrected chi connectivity index (χ2v) is 4.28. The monoisotopic (exact) mass is 233 g/mol.